The first-order chi connectivity index (χ1) is 7.02. The number of aromatic nitrogens is 2. The molecule has 0 aliphatic rings. The predicted octanol–water partition coefficient (Wildman–Crippen LogP) is 1.23. The van der Waals surface area contributed by atoms with E-state index < -0.39 is 0 Å². The van der Waals surface area contributed by atoms with Crippen molar-refractivity contribution in [3.05, 3.63) is 12.4 Å². The van der Waals surface area contributed by atoms with Crippen molar-refractivity contribution in [2.24, 2.45) is 18.7 Å². The molecule has 0 saturated heterocycles. The van der Waals surface area contributed by atoms with Gasteiger partial charge in [-0.15, -0.1) is 0 Å². The standard InChI is InChI=1S/C11H22N4/c1-9(2)10(12)5-7-14(3)11-13-6-8-15(11)4/h6,8-10H,5,7,12H2,1-4H3. The highest BCUT2D eigenvalue weighted by Crippen LogP contribution is 2.10. The lowest BCUT2D eigenvalue weighted by Gasteiger charge is -2.22. The molecule has 1 aromatic heterocycles. The van der Waals surface area contributed by atoms with Crippen molar-refractivity contribution in [3.63, 3.8) is 0 Å². The van der Waals surface area contributed by atoms with Crippen LogP contribution in [0.15, 0.2) is 12.4 Å². The number of hydrogen-bond donors (Lipinski definition) is 1. The van der Waals surface area contributed by atoms with E-state index in [1.807, 2.05) is 24.0 Å². The molecule has 86 valence electrons. The molecular weight excluding hydrogens is 188 g/mol. The number of nitrogens with zero attached hydrogens (tertiary/aromatic N) is 3. The molecule has 0 spiro atoms. The number of imidazole rings is 1. The van der Waals surface area contributed by atoms with Crippen LogP contribution in [0.2, 0.25) is 0 Å². The molecule has 2 N–H and O–H groups in total. The van der Waals surface area contributed by atoms with Gasteiger partial charge in [0.05, 0.1) is 0 Å². The van der Waals surface area contributed by atoms with Crippen LogP contribution in [-0.4, -0.2) is 29.2 Å². The van der Waals surface area contributed by atoms with Crippen molar-refractivity contribution in [2.75, 3.05) is 18.5 Å². The maximum absolute atomic E-state index is 6.00. The van der Waals surface area contributed by atoms with E-state index in [0.717, 1.165) is 18.9 Å². The average molecular weight is 210 g/mol. The van der Waals surface area contributed by atoms with E-state index in [2.05, 4.69) is 30.8 Å². The zero-order chi connectivity index (χ0) is 11.4. The summed E-state index contributed by atoms with van der Waals surface area (Å²) >= 11 is 0. The van der Waals surface area contributed by atoms with E-state index in [4.69, 9.17) is 5.73 Å². The van der Waals surface area contributed by atoms with Crippen LogP contribution in [0.4, 0.5) is 5.95 Å². The lowest BCUT2D eigenvalue weighted by Crippen LogP contribution is -2.32. The fourth-order valence-corrected chi connectivity index (χ4v) is 1.50. The summed E-state index contributed by atoms with van der Waals surface area (Å²) in [5.41, 5.74) is 6.00. The van der Waals surface area contributed by atoms with Gasteiger partial charge in [-0.05, 0) is 12.3 Å². The van der Waals surface area contributed by atoms with Crippen LogP contribution in [0.25, 0.3) is 0 Å². The van der Waals surface area contributed by atoms with Gasteiger partial charge < -0.3 is 15.2 Å². The first kappa shape index (κ1) is 12.0. The summed E-state index contributed by atoms with van der Waals surface area (Å²) in [5.74, 6) is 1.53. The van der Waals surface area contributed by atoms with Crippen LogP contribution < -0.4 is 10.6 Å². The SMILES string of the molecule is CC(C)C(N)CCN(C)c1nccn1C. The van der Waals surface area contributed by atoms with Gasteiger partial charge in [0.25, 0.3) is 0 Å². The van der Waals surface area contributed by atoms with Crippen molar-refractivity contribution >= 4 is 5.95 Å². The maximum Gasteiger partial charge on any atom is 0.204 e. The summed E-state index contributed by atoms with van der Waals surface area (Å²) in [6.07, 6.45) is 4.77. The second kappa shape index (κ2) is 5.16. The minimum absolute atomic E-state index is 0.271. The molecule has 0 aromatic carbocycles. The van der Waals surface area contributed by atoms with E-state index in [-0.39, 0.29) is 6.04 Å². The molecule has 0 radical (unpaired) electrons. The minimum atomic E-state index is 0.271. The maximum atomic E-state index is 6.00. The molecule has 1 aromatic rings. The van der Waals surface area contributed by atoms with Gasteiger partial charge in [-0.1, -0.05) is 13.8 Å². The summed E-state index contributed by atoms with van der Waals surface area (Å²) in [7, 11) is 4.05. The Morgan fingerprint density at radius 3 is 2.67 bits per heavy atom. The third-order valence-electron chi connectivity index (χ3n) is 2.79. The number of anilines is 1. The molecule has 0 aliphatic heterocycles. The normalized spacial score (nSPS) is 13.2. The van der Waals surface area contributed by atoms with Crippen molar-refractivity contribution in [1.29, 1.82) is 0 Å². The van der Waals surface area contributed by atoms with Crippen molar-refractivity contribution < 1.29 is 0 Å². The van der Waals surface area contributed by atoms with Crippen molar-refractivity contribution in [2.45, 2.75) is 26.3 Å². The van der Waals surface area contributed by atoms with Gasteiger partial charge in [-0.2, -0.15) is 0 Å². The van der Waals surface area contributed by atoms with E-state index in [0.29, 0.717) is 5.92 Å². The summed E-state index contributed by atoms with van der Waals surface area (Å²) in [5, 5.41) is 0. The Labute approximate surface area is 92.1 Å². The zero-order valence-corrected chi connectivity index (χ0v) is 10.1. The Balaban J connectivity index is 2.43. The molecule has 15 heavy (non-hydrogen) atoms. The number of aryl methyl sites for hydroxylation is 1. The average Bonchev–Trinajstić information content (AvgIpc) is 2.60. The summed E-state index contributed by atoms with van der Waals surface area (Å²) in [6.45, 7) is 5.26. The quantitative estimate of drug-likeness (QED) is 0.795. The van der Waals surface area contributed by atoms with Crippen LogP contribution in [0.1, 0.15) is 20.3 Å². The van der Waals surface area contributed by atoms with Crippen LogP contribution in [0.3, 0.4) is 0 Å². The lowest BCUT2D eigenvalue weighted by atomic mass is 10.0. The first-order valence-corrected chi connectivity index (χ1v) is 5.46. The van der Waals surface area contributed by atoms with E-state index in [9.17, 15) is 0 Å². The largest absolute Gasteiger partial charge is 0.345 e. The molecule has 0 aliphatic carbocycles. The Hall–Kier alpha value is -1.03. The smallest absolute Gasteiger partial charge is 0.204 e. The van der Waals surface area contributed by atoms with Crippen molar-refractivity contribution in [3.8, 4) is 0 Å². The van der Waals surface area contributed by atoms with Gasteiger partial charge in [0, 0.05) is 39.1 Å². The Bertz CT molecular complexity index is 293. The molecule has 1 heterocycles. The number of rotatable bonds is 5. The van der Waals surface area contributed by atoms with E-state index >= 15 is 0 Å². The summed E-state index contributed by atoms with van der Waals surface area (Å²) < 4.78 is 2.01. The monoisotopic (exact) mass is 210 g/mol. The van der Waals surface area contributed by atoms with Gasteiger partial charge in [0.2, 0.25) is 5.95 Å². The summed E-state index contributed by atoms with van der Waals surface area (Å²) in [6, 6.07) is 0.271. The van der Waals surface area contributed by atoms with Crippen LogP contribution in [-0.2, 0) is 7.05 Å². The van der Waals surface area contributed by atoms with Gasteiger partial charge >= 0.3 is 0 Å². The molecule has 1 unspecified atom stereocenters. The van der Waals surface area contributed by atoms with Gasteiger partial charge in [0.15, 0.2) is 0 Å². The molecule has 0 amide bonds. The third-order valence-corrected chi connectivity index (χ3v) is 2.79. The Kier molecular flexibility index (Phi) is 4.15. The van der Waals surface area contributed by atoms with Crippen LogP contribution in [0.5, 0.6) is 0 Å². The second-order valence-electron chi connectivity index (χ2n) is 4.46. The van der Waals surface area contributed by atoms with Gasteiger partial charge in [0.1, 0.15) is 0 Å². The predicted molar refractivity (Wildman–Crippen MR) is 63.9 cm³/mol. The van der Waals surface area contributed by atoms with Gasteiger partial charge in [-0.25, -0.2) is 4.98 Å². The Morgan fingerprint density at radius 2 is 2.20 bits per heavy atom. The fraction of sp³-hybridized carbons (Fsp3) is 0.727. The molecule has 0 fully saturated rings. The molecule has 0 saturated carbocycles. The molecule has 4 nitrogen and oxygen atoms in total. The highest BCUT2D eigenvalue weighted by Gasteiger charge is 2.10. The fourth-order valence-electron chi connectivity index (χ4n) is 1.50. The van der Waals surface area contributed by atoms with Crippen molar-refractivity contribution in [1.82, 2.24) is 9.55 Å². The van der Waals surface area contributed by atoms with E-state index in [1.165, 1.54) is 0 Å². The zero-order valence-electron chi connectivity index (χ0n) is 10.1. The van der Waals surface area contributed by atoms with Crippen LogP contribution in [0, 0.1) is 5.92 Å². The number of nitrogens with two attached hydrogens (primary N) is 1. The lowest BCUT2D eigenvalue weighted by molar-refractivity contribution is 0.464. The molecule has 0 bridgehead atoms. The number of hydrogen-bond acceptors (Lipinski definition) is 3. The van der Waals surface area contributed by atoms with E-state index in [1.54, 1.807) is 0 Å². The topological polar surface area (TPSA) is 47.1 Å². The first-order valence-electron chi connectivity index (χ1n) is 5.46. The molecule has 1 atom stereocenters. The second-order valence-corrected chi connectivity index (χ2v) is 4.46. The minimum Gasteiger partial charge on any atom is -0.345 e. The van der Waals surface area contributed by atoms with Crippen LogP contribution >= 0.6 is 0 Å². The third kappa shape index (κ3) is 3.23. The van der Waals surface area contributed by atoms with Gasteiger partial charge in [-0.3, -0.25) is 0 Å². The molecule has 1 rings (SSSR count). The Morgan fingerprint density at radius 1 is 1.53 bits per heavy atom. The highest BCUT2D eigenvalue weighted by molar-refractivity contribution is 5.28. The highest BCUT2D eigenvalue weighted by atomic mass is 15.3. The summed E-state index contributed by atoms with van der Waals surface area (Å²) in [4.78, 5) is 6.43. The molecular formula is C11H22N4. The molecule has 4 heteroatoms.